The van der Waals surface area contributed by atoms with E-state index in [-0.39, 0.29) is 18.9 Å². The molecular weight excluding hydrogens is 81.0 g/mol. The van der Waals surface area contributed by atoms with Crippen LogP contribution >= 0.6 is 0 Å². The van der Waals surface area contributed by atoms with Gasteiger partial charge in [0.15, 0.2) is 0 Å². The maximum atomic E-state index is 3.10. The number of rotatable bonds is 0. The average molecular weight is 91.1 g/mol. The zero-order valence-corrected chi connectivity index (χ0v) is 3.78. The first-order valence-corrected chi connectivity index (χ1v) is 2.38. The van der Waals surface area contributed by atoms with Gasteiger partial charge in [-0.3, -0.25) is 0 Å². The van der Waals surface area contributed by atoms with E-state index in [1.165, 1.54) is 12.8 Å². The van der Waals surface area contributed by atoms with Crippen LogP contribution in [-0.2, 0) is 0 Å². The van der Waals surface area contributed by atoms with Gasteiger partial charge in [0.1, 0.15) is 0 Å². The minimum atomic E-state index is 0. The molecule has 0 atom stereocenters. The molecule has 1 N–H and O–H groups in total. The summed E-state index contributed by atoms with van der Waals surface area (Å²) in [6.07, 6.45) is 6.73. The van der Waals surface area contributed by atoms with Crippen LogP contribution in [0.5, 0.6) is 0 Å². The monoisotopic (exact) mass is 91.1 g/mol. The van der Waals surface area contributed by atoms with Crippen molar-refractivity contribution in [1.82, 2.24) is 5.32 Å². The Morgan fingerprint density at radius 2 is 2.29 bits per heavy atom. The second-order valence-electron chi connectivity index (χ2n) is 1.50. The normalized spacial score (nSPS) is 17.1. The SMILES string of the molecule is C1=CNCCC1.[LiH]. The summed E-state index contributed by atoms with van der Waals surface area (Å²) in [7, 11) is 0. The van der Waals surface area contributed by atoms with Crippen molar-refractivity contribution in [2.75, 3.05) is 6.54 Å². The Balaban J connectivity index is 0.000000360. The summed E-state index contributed by atoms with van der Waals surface area (Å²) in [4.78, 5) is 0. The van der Waals surface area contributed by atoms with Gasteiger partial charge in [-0.15, -0.1) is 0 Å². The number of hydrogen-bond donors (Lipinski definition) is 1. The predicted molar refractivity (Wildman–Crippen MR) is 33.5 cm³/mol. The molecule has 1 rings (SSSR count). The van der Waals surface area contributed by atoms with Crippen LogP contribution in [0.4, 0.5) is 0 Å². The first kappa shape index (κ1) is 7.14. The zero-order chi connectivity index (χ0) is 4.24. The van der Waals surface area contributed by atoms with Gasteiger partial charge in [-0.25, -0.2) is 0 Å². The molecule has 0 aromatic heterocycles. The van der Waals surface area contributed by atoms with Gasteiger partial charge >= 0.3 is 18.9 Å². The molecule has 0 saturated carbocycles. The van der Waals surface area contributed by atoms with Crippen LogP contribution in [0.25, 0.3) is 0 Å². The van der Waals surface area contributed by atoms with Crippen LogP contribution in [0, 0.1) is 0 Å². The Morgan fingerprint density at radius 3 is 2.43 bits per heavy atom. The number of allylic oxidation sites excluding steroid dienone is 1. The van der Waals surface area contributed by atoms with Crippen LogP contribution in [0.15, 0.2) is 12.3 Å². The Bertz CT molecular complexity index is 53.1. The molecule has 0 aromatic carbocycles. The van der Waals surface area contributed by atoms with E-state index < -0.39 is 0 Å². The molecule has 0 radical (unpaired) electrons. The van der Waals surface area contributed by atoms with Crippen LogP contribution in [0.3, 0.4) is 0 Å². The number of nitrogens with one attached hydrogen (secondary N) is 1. The van der Waals surface area contributed by atoms with Crippen LogP contribution in [-0.4, -0.2) is 25.4 Å². The molecule has 0 fully saturated rings. The molecule has 0 spiro atoms. The zero-order valence-electron chi connectivity index (χ0n) is 3.78. The van der Waals surface area contributed by atoms with Gasteiger partial charge in [-0.05, 0) is 19.0 Å². The summed E-state index contributed by atoms with van der Waals surface area (Å²) in [5.41, 5.74) is 0. The van der Waals surface area contributed by atoms with E-state index in [0.29, 0.717) is 0 Å². The first-order valence-electron chi connectivity index (χ1n) is 2.38. The van der Waals surface area contributed by atoms with Gasteiger partial charge < -0.3 is 5.32 Å². The summed E-state index contributed by atoms with van der Waals surface area (Å²) in [5, 5.41) is 3.10. The fourth-order valence-corrected chi connectivity index (χ4v) is 0.572. The molecule has 0 aliphatic carbocycles. The summed E-state index contributed by atoms with van der Waals surface area (Å²) < 4.78 is 0. The first-order chi connectivity index (χ1) is 3.00. The van der Waals surface area contributed by atoms with E-state index in [9.17, 15) is 0 Å². The van der Waals surface area contributed by atoms with Gasteiger partial charge in [-0.1, -0.05) is 6.08 Å². The van der Waals surface area contributed by atoms with E-state index in [0.717, 1.165) is 6.54 Å². The van der Waals surface area contributed by atoms with E-state index in [1.54, 1.807) is 0 Å². The Morgan fingerprint density at radius 1 is 1.43 bits per heavy atom. The molecule has 2 heteroatoms. The van der Waals surface area contributed by atoms with Crippen molar-refractivity contribution in [2.24, 2.45) is 0 Å². The van der Waals surface area contributed by atoms with Crippen molar-refractivity contribution in [3.63, 3.8) is 0 Å². The molecule has 1 nitrogen and oxygen atoms in total. The summed E-state index contributed by atoms with van der Waals surface area (Å²) in [6, 6.07) is 0. The standard InChI is InChI=1S/C5H9N.Li.H/c1-2-4-6-5-3-1;;/h2,4,6H,1,3,5H2;;. The Hall–Kier alpha value is 0.137. The fraction of sp³-hybridized carbons (Fsp3) is 0.600. The molecule has 36 valence electrons. The van der Waals surface area contributed by atoms with Crippen molar-refractivity contribution < 1.29 is 0 Å². The topological polar surface area (TPSA) is 12.0 Å². The Labute approximate surface area is 56.4 Å². The molecule has 0 aromatic rings. The predicted octanol–water partition coefficient (Wildman–Crippen LogP) is 0.235. The molecular formula is C5H10LiN. The molecule has 1 heterocycles. The van der Waals surface area contributed by atoms with Crippen molar-refractivity contribution >= 4 is 18.9 Å². The van der Waals surface area contributed by atoms with E-state index in [4.69, 9.17) is 0 Å². The van der Waals surface area contributed by atoms with Gasteiger partial charge in [-0.2, -0.15) is 0 Å². The average Bonchev–Trinajstić information content (AvgIpc) is 1.72. The van der Waals surface area contributed by atoms with Crippen molar-refractivity contribution in [3.8, 4) is 0 Å². The minimum absolute atomic E-state index is 0. The molecule has 0 amide bonds. The second kappa shape index (κ2) is 4.30. The fourth-order valence-electron chi connectivity index (χ4n) is 0.572. The number of hydrogen-bond acceptors (Lipinski definition) is 1. The molecule has 0 unspecified atom stereocenters. The van der Waals surface area contributed by atoms with Crippen LogP contribution < -0.4 is 5.32 Å². The van der Waals surface area contributed by atoms with Gasteiger partial charge in [0.25, 0.3) is 0 Å². The molecule has 1 aliphatic rings. The van der Waals surface area contributed by atoms with Gasteiger partial charge in [0.2, 0.25) is 0 Å². The molecule has 0 saturated heterocycles. The van der Waals surface area contributed by atoms with Crippen molar-refractivity contribution in [3.05, 3.63) is 12.3 Å². The van der Waals surface area contributed by atoms with E-state index in [1.807, 2.05) is 6.20 Å². The molecule has 1 aliphatic heterocycles. The summed E-state index contributed by atoms with van der Waals surface area (Å²) in [6.45, 7) is 1.16. The third kappa shape index (κ3) is 2.79. The maximum absolute atomic E-state index is 3.10. The van der Waals surface area contributed by atoms with Crippen molar-refractivity contribution in [1.29, 1.82) is 0 Å². The van der Waals surface area contributed by atoms with Crippen LogP contribution in [0.1, 0.15) is 12.8 Å². The quantitative estimate of drug-likeness (QED) is 0.421. The summed E-state index contributed by atoms with van der Waals surface area (Å²) in [5.74, 6) is 0. The summed E-state index contributed by atoms with van der Waals surface area (Å²) >= 11 is 0. The van der Waals surface area contributed by atoms with Gasteiger partial charge in [0.05, 0.1) is 0 Å². The molecule has 0 bridgehead atoms. The molecule has 7 heavy (non-hydrogen) atoms. The third-order valence-corrected chi connectivity index (χ3v) is 0.928. The van der Waals surface area contributed by atoms with E-state index >= 15 is 0 Å². The van der Waals surface area contributed by atoms with E-state index in [2.05, 4.69) is 11.4 Å². The Kier molecular flexibility index (Phi) is 4.38. The van der Waals surface area contributed by atoms with Crippen LogP contribution in [0.2, 0.25) is 0 Å². The van der Waals surface area contributed by atoms with Crippen molar-refractivity contribution in [2.45, 2.75) is 12.8 Å². The third-order valence-electron chi connectivity index (χ3n) is 0.928. The second-order valence-corrected chi connectivity index (χ2v) is 1.50. The van der Waals surface area contributed by atoms with Gasteiger partial charge in [0, 0.05) is 6.54 Å².